The molecule has 0 unspecified atom stereocenters. The normalized spacial score (nSPS) is 12.1. The van der Waals surface area contributed by atoms with E-state index in [1.165, 1.54) is 17.4 Å². The number of hydrogen-bond donors (Lipinski definition) is 1. The largest absolute Gasteiger partial charge is 0.397 e. The van der Waals surface area contributed by atoms with Gasteiger partial charge in [0.05, 0.1) is 15.6 Å². The number of anilines is 1. The molecule has 0 saturated heterocycles. The van der Waals surface area contributed by atoms with Crippen molar-refractivity contribution in [3.63, 3.8) is 0 Å². The Morgan fingerprint density at radius 2 is 2.00 bits per heavy atom. The summed E-state index contributed by atoms with van der Waals surface area (Å²) in [4.78, 5) is 0.207. The van der Waals surface area contributed by atoms with Gasteiger partial charge in [-0.1, -0.05) is 18.5 Å². The van der Waals surface area contributed by atoms with E-state index in [1.807, 2.05) is 0 Å². The average Bonchev–Trinajstić information content (AvgIpc) is 2.21. The highest BCUT2D eigenvalue weighted by atomic mass is 35.5. The molecule has 0 atom stereocenters. The lowest BCUT2D eigenvalue weighted by atomic mass is 10.2. The maximum Gasteiger partial charge on any atom is 0.243 e. The molecule has 0 aliphatic rings. The standard InChI is InChI=1S/C10H15ClN2O2S/c1-4-13(3)16(14,15)10-6-9(12)8(11)5-7(10)2/h5-6H,4,12H2,1-3H3. The zero-order chi connectivity index (χ0) is 12.5. The number of nitrogens with two attached hydrogens (primary N) is 1. The van der Waals surface area contributed by atoms with Crippen LogP contribution >= 0.6 is 11.6 Å². The number of nitrogen functional groups attached to an aromatic ring is 1. The number of rotatable bonds is 3. The first-order valence-corrected chi connectivity index (χ1v) is 6.64. The van der Waals surface area contributed by atoms with Crippen LogP contribution in [-0.4, -0.2) is 26.3 Å². The van der Waals surface area contributed by atoms with Crippen molar-refractivity contribution in [3.8, 4) is 0 Å². The lowest BCUT2D eigenvalue weighted by Gasteiger charge is -2.17. The van der Waals surface area contributed by atoms with Crippen molar-refractivity contribution in [1.82, 2.24) is 4.31 Å². The molecule has 0 aromatic heterocycles. The Balaban J connectivity index is 3.40. The number of aryl methyl sites for hydroxylation is 1. The molecule has 0 spiro atoms. The van der Waals surface area contributed by atoms with Gasteiger partial charge in [0, 0.05) is 13.6 Å². The van der Waals surface area contributed by atoms with Crippen LogP contribution < -0.4 is 5.73 Å². The van der Waals surface area contributed by atoms with E-state index in [1.54, 1.807) is 19.9 Å². The molecule has 0 amide bonds. The Morgan fingerprint density at radius 3 is 2.50 bits per heavy atom. The van der Waals surface area contributed by atoms with Gasteiger partial charge in [-0.15, -0.1) is 0 Å². The Bertz CT molecular complexity index is 500. The summed E-state index contributed by atoms with van der Waals surface area (Å²) in [5.41, 5.74) is 6.48. The molecular formula is C10H15ClN2O2S. The maximum atomic E-state index is 12.1. The molecule has 0 heterocycles. The molecule has 0 aliphatic carbocycles. The Hall–Kier alpha value is -0.780. The van der Waals surface area contributed by atoms with E-state index in [4.69, 9.17) is 17.3 Å². The van der Waals surface area contributed by atoms with Gasteiger partial charge in [-0.3, -0.25) is 0 Å². The van der Waals surface area contributed by atoms with Crippen molar-refractivity contribution in [1.29, 1.82) is 0 Å². The molecule has 1 aromatic rings. The highest BCUT2D eigenvalue weighted by molar-refractivity contribution is 7.89. The zero-order valence-electron chi connectivity index (χ0n) is 9.49. The van der Waals surface area contributed by atoms with Gasteiger partial charge in [0.1, 0.15) is 0 Å². The van der Waals surface area contributed by atoms with Crippen LogP contribution in [0.5, 0.6) is 0 Å². The van der Waals surface area contributed by atoms with Crippen LogP contribution in [0.4, 0.5) is 5.69 Å². The minimum atomic E-state index is -3.46. The lowest BCUT2D eigenvalue weighted by Crippen LogP contribution is -2.27. The minimum Gasteiger partial charge on any atom is -0.397 e. The predicted molar refractivity (Wildman–Crippen MR) is 66.1 cm³/mol. The number of benzene rings is 1. The van der Waals surface area contributed by atoms with Crippen molar-refractivity contribution in [2.45, 2.75) is 18.7 Å². The summed E-state index contributed by atoms with van der Waals surface area (Å²) in [6.07, 6.45) is 0. The van der Waals surface area contributed by atoms with Crippen molar-refractivity contribution in [2.24, 2.45) is 0 Å². The molecule has 2 N–H and O–H groups in total. The predicted octanol–water partition coefficient (Wildman–Crippen LogP) is 1.87. The smallest absolute Gasteiger partial charge is 0.243 e. The van der Waals surface area contributed by atoms with Crippen molar-refractivity contribution in [3.05, 3.63) is 22.7 Å². The van der Waals surface area contributed by atoms with Crippen molar-refractivity contribution < 1.29 is 8.42 Å². The van der Waals surface area contributed by atoms with Crippen LogP contribution in [0.15, 0.2) is 17.0 Å². The molecule has 0 aliphatic heterocycles. The second-order valence-corrected chi connectivity index (χ2v) is 5.98. The molecular weight excluding hydrogens is 248 g/mol. The molecule has 4 nitrogen and oxygen atoms in total. The van der Waals surface area contributed by atoms with Crippen molar-refractivity contribution in [2.75, 3.05) is 19.3 Å². The summed E-state index contributed by atoms with van der Waals surface area (Å²) >= 11 is 5.82. The molecule has 0 radical (unpaired) electrons. The Morgan fingerprint density at radius 1 is 1.44 bits per heavy atom. The average molecular weight is 263 g/mol. The third kappa shape index (κ3) is 2.31. The topological polar surface area (TPSA) is 63.4 Å². The van der Waals surface area contributed by atoms with Crippen LogP contribution in [0, 0.1) is 6.92 Å². The first-order valence-electron chi connectivity index (χ1n) is 4.82. The van der Waals surface area contributed by atoms with Crippen molar-refractivity contribution >= 4 is 27.3 Å². The van der Waals surface area contributed by atoms with Crippen LogP contribution in [0.1, 0.15) is 12.5 Å². The van der Waals surface area contributed by atoms with Gasteiger partial charge in [0.15, 0.2) is 0 Å². The van der Waals surface area contributed by atoms with Gasteiger partial charge in [-0.05, 0) is 24.6 Å². The van der Waals surface area contributed by atoms with Crippen LogP contribution in [0.25, 0.3) is 0 Å². The number of sulfonamides is 1. The number of nitrogens with zero attached hydrogens (tertiary/aromatic N) is 1. The van der Waals surface area contributed by atoms with Gasteiger partial charge in [-0.2, -0.15) is 0 Å². The van der Waals surface area contributed by atoms with Gasteiger partial charge in [-0.25, -0.2) is 12.7 Å². The zero-order valence-corrected chi connectivity index (χ0v) is 11.1. The van der Waals surface area contributed by atoms with E-state index in [2.05, 4.69) is 0 Å². The molecule has 90 valence electrons. The van der Waals surface area contributed by atoms with E-state index >= 15 is 0 Å². The second kappa shape index (κ2) is 4.61. The highest BCUT2D eigenvalue weighted by Gasteiger charge is 2.22. The van der Waals surface area contributed by atoms with E-state index in [0.717, 1.165) is 0 Å². The molecule has 6 heteroatoms. The summed E-state index contributed by atoms with van der Waals surface area (Å²) in [5, 5.41) is 0.371. The summed E-state index contributed by atoms with van der Waals surface area (Å²) in [7, 11) is -1.94. The fraction of sp³-hybridized carbons (Fsp3) is 0.400. The first-order chi connectivity index (χ1) is 7.30. The van der Waals surface area contributed by atoms with Gasteiger partial charge >= 0.3 is 0 Å². The molecule has 1 rings (SSSR count). The van der Waals surface area contributed by atoms with Gasteiger partial charge in [0.2, 0.25) is 10.0 Å². The molecule has 1 aromatic carbocycles. The van der Waals surface area contributed by atoms with Gasteiger partial charge in [0.25, 0.3) is 0 Å². The quantitative estimate of drug-likeness (QED) is 0.846. The molecule has 0 saturated carbocycles. The maximum absolute atomic E-state index is 12.1. The number of halogens is 1. The highest BCUT2D eigenvalue weighted by Crippen LogP contribution is 2.27. The molecule has 0 bridgehead atoms. The van der Waals surface area contributed by atoms with E-state index in [-0.39, 0.29) is 10.6 Å². The minimum absolute atomic E-state index is 0.207. The van der Waals surface area contributed by atoms with Crippen LogP contribution in [0.3, 0.4) is 0 Å². The second-order valence-electron chi connectivity index (χ2n) is 3.56. The van der Waals surface area contributed by atoms with E-state index in [0.29, 0.717) is 17.1 Å². The summed E-state index contributed by atoms with van der Waals surface area (Å²) in [6, 6.07) is 2.96. The molecule has 16 heavy (non-hydrogen) atoms. The number of hydrogen-bond acceptors (Lipinski definition) is 3. The van der Waals surface area contributed by atoms with E-state index < -0.39 is 10.0 Å². The summed E-state index contributed by atoms with van der Waals surface area (Å²) in [6.45, 7) is 3.87. The monoisotopic (exact) mass is 262 g/mol. The summed E-state index contributed by atoms with van der Waals surface area (Å²) in [5.74, 6) is 0. The fourth-order valence-corrected chi connectivity index (χ4v) is 2.92. The Kier molecular flexibility index (Phi) is 3.83. The fourth-order valence-electron chi connectivity index (χ4n) is 1.28. The lowest BCUT2D eigenvalue weighted by molar-refractivity contribution is 0.486. The van der Waals surface area contributed by atoms with E-state index in [9.17, 15) is 8.42 Å². The third-order valence-electron chi connectivity index (χ3n) is 2.43. The van der Waals surface area contributed by atoms with Gasteiger partial charge < -0.3 is 5.73 Å². The SMILES string of the molecule is CCN(C)S(=O)(=O)c1cc(N)c(Cl)cc1C. The molecule has 0 fully saturated rings. The van der Waals surface area contributed by atoms with Crippen LogP contribution in [0.2, 0.25) is 5.02 Å². The first kappa shape index (κ1) is 13.3. The van der Waals surface area contributed by atoms with Crippen LogP contribution in [-0.2, 0) is 10.0 Å². The summed E-state index contributed by atoms with van der Waals surface area (Å²) < 4.78 is 25.4. The third-order valence-corrected chi connectivity index (χ3v) is 4.83. The Labute approximate surface area is 101 Å².